The van der Waals surface area contributed by atoms with Crippen LogP contribution in [0.25, 0.3) is 0 Å². The first-order valence-corrected chi connectivity index (χ1v) is 8.76. The summed E-state index contributed by atoms with van der Waals surface area (Å²) in [6, 6.07) is 13.0. The molecule has 0 radical (unpaired) electrons. The third-order valence-corrected chi connectivity index (χ3v) is 4.91. The Morgan fingerprint density at radius 3 is 2.62 bits per heavy atom. The fraction of sp³-hybridized carbons (Fsp3) is 0.294. The number of benzene rings is 2. The van der Waals surface area contributed by atoms with Crippen LogP contribution in [0.15, 0.2) is 40.9 Å². The minimum absolute atomic E-state index is 0.184. The number of aryl methyl sites for hydroxylation is 1. The lowest BCUT2D eigenvalue weighted by Crippen LogP contribution is -2.23. The van der Waals surface area contributed by atoms with E-state index in [2.05, 4.69) is 88.0 Å². The van der Waals surface area contributed by atoms with Crippen molar-refractivity contribution < 1.29 is 4.74 Å². The van der Waals surface area contributed by atoms with Gasteiger partial charge in [0.1, 0.15) is 5.75 Å². The smallest absolute Gasteiger partial charge is 0.121 e. The molecule has 0 aliphatic carbocycles. The van der Waals surface area contributed by atoms with Crippen molar-refractivity contribution in [3.05, 3.63) is 61.1 Å². The molecule has 4 heteroatoms. The van der Waals surface area contributed by atoms with E-state index in [1.807, 2.05) is 6.07 Å². The van der Waals surface area contributed by atoms with Gasteiger partial charge in [-0.15, -0.1) is 0 Å². The van der Waals surface area contributed by atoms with Crippen LogP contribution in [0.2, 0.25) is 0 Å². The number of hydrogen-bond acceptors (Lipinski definition) is 2. The van der Waals surface area contributed by atoms with Crippen molar-refractivity contribution in [3.8, 4) is 5.75 Å². The van der Waals surface area contributed by atoms with Gasteiger partial charge in [0.25, 0.3) is 0 Å². The van der Waals surface area contributed by atoms with E-state index in [1.165, 1.54) is 14.7 Å². The standard InChI is InChI=1S/C17H19BrINO/c1-4-20-17(14-10-13(18)6-7-15(14)19)12-5-8-16(21-3)11(2)9-12/h5-10,17,20H,4H2,1-3H3. The molecule has 0 spiro atoms. The molecular formula is C17H19BrINO. The maximum atomic E-state index is 5.36. The van der Waals surface area contributed by atoms with Crippen LogP contribution in [0, 0.1) is 10.5 Å². The molecule has 0 heterocycles. The van der Waals surface area contributed by atoms with Crippen LogP contribution >= 0.6 is 38.5 Å². The Labute approximate surface area is 148 Å². The Balaban J connectivity index is 2.48. The molecule has 0 aromatic heterocycles. The summed E-state index contributed by atoms with van der Waals surface area (Å²) in [5.41, 5.74) is 3.70. The average Bonchev–Trinajstić information content (AvgIpc) is 2.47. The second-order valence-corrected chi connectivity index (χ2v) is 6.96. The molecule has 0 aliphatic rings. The minimum Gasteiger partial charge on any atom is -0.496 e. The maximum Gasteiger partial charge on any atom is 0.121 e. The third kappa shape index (κ3) is 3.99. The van der Waals surface area contributed by atoms with Crippen LogP contribution < -0.4 is 10.1 Å². The van der Waals surface area contributed by atoms with E-state index in [0.717, 1.165) is 22.3 Å². The van der Waals surface area contributed by atoms with Gasteiger partial charge in [-0.3, -0.25) is 0 Å². The Hall–Kier alpha value is -0.590. The van der Waals surface area contributed by atoms with Gasteiger partial charge in [0.15, 0.2) is 0 Å². The van der Waals surface area contributed by atoms with Crippen LogP contribution in [-0.2, 0) is 0 Å². The summed E-state index contributed by atoms with van der Waals surface area (Å²) in [6.07, 6.45) is 0. The molecule has 0 saturated carbocycles. The predicted octanol–water partition coefficient (Wildman–Crippen LogP) is 5.07. The zero-order valence-corrected chi connectivity index (χ0v) is 16.2. The summed E-state index contributed by atoms with van der Waals surface area (Å²) >= 11 is 5.97. The highest BCUT2D eigenvalue weighted by Crippen LogP contribution is 2.31. The normalized spacial score (nSPS) is 12.2. The molecule has 1 unspecified atom stereocenters. The van der Waals surface area contributed by atoms with Crippen molar-refractivity contribution >= 4 is 38.5 Å². The predicted molar refractivity (Wildman–Crippen MR) is 100 cm³/mol. The first-order valence-electron chi connectivity index (χ1n) is 6.89. The van der Waals surface area contributed by atoms with E-state index >= 15 is 0 Å². The van der Waals surface area contributed by atoms with Crippen LogP contribution in [0.1, 0.15) is 29.7 Å². The SMILES string of the molecule is CCNC(c1ccc(OC)c(C)c1)c1cc(Br)ccc1I. The van der Waals surface area contributed by atoms with Crippen molar-refractivity contribution in [3.63, 3.8) is 0 Å². The van der Waals surface area contributed by atoms with Crippen LogP contribution in [-0.4, -0.2) is 13.7 Å². The number of methoxy groups -OCH3 is 1. The fourth-order valence-electron chi connectivity index (χ4n) is 2.43. The van der Waals surface area contributed by atoms with Gasteiger partial charge in [-0.1, -0.05) is 35.0 Å². The summed E-state index contributed by atoms with van der Waals surface area (Å²) in [5, 5.41) is 3.58. The largest absolute Gasteiger partial charge is 0.496 e. The first-order chi connectivity index (χ1) is 10.1. The van der Waals surface area contributed by atoms with E-state index in [-0.39, 0.29) is 6.04 Å². The molecule has 112 valence electrons. The molecule has 2 rings (SSSR count). The second kappa shape index (κ2) is 7.61. The molecule has 2 aromatic carbocycles. The van der Waals surface area contributed by atoms with E-state index in [4.69, 9.17) is 4.74 Å². The van der Waals surface area contributed by atoms with Gasteiger partial charge in [0, 0.05) is 8.04 Å². The summed E-state index contributed by atoms with van der Waals surface area (Å²) in [7, 11) is 1.71. The Morgan fingerprint density at radius 1 is 1.24 bits per heavy atom. The quantitative estimate of drug-likeness (QED) is 0.630. The lowest BCUT2D eigenvalue weighted by atomic mass is 9.97. The lowest BCUT2D eigenvalue weighted by Gasteiger charge is -2.21. The number of hydrogen-bond donors (Lipinski definition) is 1. The molecule has 0 fully saturated rings. The summed E-state index contributed by atoms with van der Waals surface area (Å²) in [6.45, 7) is 5.13. The summed E-state index contributed by atoms with van der Waals surface area (Å²) < 4.78 is 7.72. The number of rotatable bonds is 5. The molecular weight excluding hydrogens is 441 g/mol. The van der Waals surface area contributed by atoms with Crippen LogP contribution in [0.3, 0.4) is 0 Å². The Morgan fingerprint density at radius 2 is 2.00 bits per heavy atom. The molecule has 0 bridgehead atoms. The summed E-state index contributed by atoms with van der Waals surface area (Å²) in [5.74, 6) is 0.929. The number of halogens is 2. The minimum atomic E-state index is 0.184. The topological polar surface area (TPSA) is 21.3 Å². The van der Waals surface area contributed by atoms with Gasteiger partial charge < -0.3 is 10.1 Å². The van der Waals surface area contributed by atoms with Crippen LogP contribution in [0.4, 0.5) is 0 Å². The van der Waals surface area contributed by atoms with Gasteiger partial charge in [0.2, 0.25) is 0 Å². The monoisotopic (exact) mass is 459 g/mol. The van der Waals surface area contributed by atoms with E-state index in [0.29, 0.717) is 0 Å². The van der Waals surface area contributed by atoms with Crippen molar-refractivity contribution in [2.45, 2.75) is 19.9 Å². The van der Waals surface area contributed by atoms with Gasteiger partial charge in [-0.25, -0.2) is 0 Å². The summed E-state index contributed by atoms with van der Waals surface area (Å²) in [4.78, 5) is 0. The fourth-order valence-corrected chi connectivity index (χ4v) is 3.45. The molecule has 2 aromatic rings. The van der Waals surface area contributed by atoms with Crippen molar-refractivity contribution in [2.24, 2.45) is 0 Å². The molecule has 0 saturated heterocycles. The zero-order valence-electron chi connectivity index (χ0n) is 12.4. The number of ether oxygens (including phenoxy) is 1. The van der Waals surface area contributed by atoms with Gasteiger partial charge in [-0.2, -0.15) is 0 Å². The highest BCUT2D eigenvalue weighted by atomic mass is 127. The van der Waals surface area contributed by atoms with E-state index in [9.17, 15) is 0 Å². The van der Waals surface area contributed by atoms with Crippen molar-refractivity contribution in [2.75, 3.05) is 13.7 Å². The molecule has 0 amide bonds. The molecule has 0 aliphatic heterocycles. The molecule has 1 atom stereocenters. The van der Waals surface area contributed by atoms with Crippen LogP contribution in [0.5, 0.6) is 5.75 Å². The Kier molecular flexibility index (Phi) is 6.08. The molecule has 2 nitrogen and oxygen atoms in total. The van der Waals surface area contributed by atoms with E-state index in [1.54, 1.807) is 7.11 Å². The second-order valence-electron chi connectivity index (χ2n) is 4.89. The van der Waals surface area contributed by atoms with Gasteiger partial charge in [0.05, 0.1) is 13.2 Å². The Bertz CT molecular complexity index is 630. The molecule has 1 N–H and O–H groups in total. The highest BCUT2D eigenvalue weighted by Gasteiger charge is 2.17. The van der Waals surface area contributed by atoms with E-state index < -0.39 is 0 Å². The highest BCUT2D eigenvalue weighted by molar-refractivity contribution is 14.1. The van der Waals surface area contributed by atoms with Crippen molar-refractivity contribution in [1.82, 2.24) is 5.32 Å². The van der Waals surface area contributed by atoms with Gasteiger partial charge in [-0.05, 0) is 77.0 Å². The van der Waals surface area contributed by atoms with Gasteiger partial charge >= 0.3 is 0 Å². The number of nitrogens with one attached hydrogen (secondary N) is 1. The molecule has 21 heavy (non-hydrogen) atoms. The first kappa shape index (κ1) is 16.8. The third-order valence-electron chi connectivity index (χ3n) is 3.43. The van der Waals surface area contributed by atoms with Crippen molar-refractivity contribution in [1.29, 1.82) is 0 Å². The lowest BCUT2D eigenvalue weighted by molar-refractivity contribution is 0.411. The zero-order chi connectivity index (χ0) is 15.4. The average molecular weight is 460 g/mol. The maximum absolute atomic E-state index is 5.36.